The number of aryl methyl sites for hydroxylation is 1. The number of rotatable bonds is 7. The zero-order valence-electron chi connectivity index (χ0n) is 16.3. The topological polar surface area (TPSA) is 54.0 Å². The van der Waals surface area contributed by atoms with Crippen molar-refractivity contribution in [3.63, 3.8) is 0 Å². The van der Waals surface area contributed by atoms with E-state index in [1.807, 2.05) is 30.3 Å². The Bertz CT molecular complexity index is 797. The summed E-state index contributed by atoms with van der Waals surface area (Å²) >= 11 is 0. The van der Waals surface area contributed by atoms with E-state index in [1.54, 1.807) is 24.0 Å². The van der Waals surface area contributed by atoms with Gasteiger partial charge in [-0.15, -0.1) is 0 Å². The maximum atomic E-state index is 12.6. The third-order valence-electron chi connectivity index (χ3n) is 4.76. The van der Waals surface area contributed by atoms with Gasteiger partial charge in [-0.25, -0.2) is 4.79 Å². The monoisotopic (exact) mass is 405 g/mol. The molecule has 1 N–H and O–H groups in total. The van der Waals surface area contributed by atoms with Crippen molar-refractivity contribution < 1.29 is 23.0 Å². The van der Waals surface area contributed by atoms with E-state index in [2.05, 4.69) is 15.0 Å². The number of carbonyl (C=O) groups excluding carboxylic acids is 1. The number of piperazine rings is 1. The standard InChI is InChI=1S/C21H25F2N3O3/c1-16-6-5-9-18(29-20(22)23)19(16)24-21(27)26-12-10-25(11-13-26)14-15-28-17-7-3-2-4-8-17/h2-9,20H,10-15H2,1H3,(H,24,27). The third kappa shape index (κ3) is 6.05. The van der Waals surface area contributed by atoms with Crippen molar-refractivity contribution in [2.75, 3.05) is 44.6 Å². The first-order valence-corrected chi connectivity index (χ1v) is 9.53. The molecule has 6 nitrogen and oxygen atoms in total. The number of urea groups is 1. The van der Waals surface area contributed by atoms with Crippen LogP contribution >= 0.6 is 0 Å². The fourth-order valence-electron chi connectivity index (χ4n) is 3.17. The van der Waals surface area contributed by atoms with Crippen LogP contribution in [0.4, 0.5) is 19.3 Å². The lowest BCUT2D eigenvalue weighted by Crippen LogP contribution is -2.50. The Morgan fingerprint density at radius 1 is 1.07 bits per heavy atom. The highest BCUT2D eigenvalue weighted by Gasteiger charge is 2.23. The molecule has 0 spiro atoms. The molecule has 0 unspecified atom stereocenters. The number of nitrogens with zero attached hydrogens (tertiary/aromatic N) is 2. The van der Waals surface area contributed by atoms with Crippen LogP contribution in [0.3, 0.4) is 0 Å². The van der Waals surface area contributed by atoms with Crippen molar-refractivity contribution in [1.82, 2.24) is 9.80 Å². The summed E-state index contributed by atoms with van der Waals surface area (Å²) in [5, 5.41) is 2.72. The predicted molar refractivity (Wildman–Crippen MR) is 107 cm³/mol. The molecule has 29 heavy (non-hydrogen) atoms. The normalized spacial score (nSPS) is 14.7. The van der Waals surface area contributed by atoms with Crippen molar-refractivity contribution in [3.05, 3.63) is 54.1 Å². The predicted octanol–water partition coefficient (Wildman–Crippen LogP) is 3.82. The van der Waals surface area contributed by atoms with Crippen LogP contribution in [0.25, 0.3) is 0 Å². The number of hydrogen-bond acceptors (Lipinski definition) is 4. The third-order valence-corrected chi connectivity index (χ3v) is 4.76. The second-order valence-corrected chi connectivity index (χ2v) is 6.75. The maximum absolute atomic E-state index is 12.6. The number of hydrogen-bond donors (Lipinski definition) is 1. The quantitative estimate of drug-likeness (QED) is 0.761. The summed E-state index contributed by atoms with van der Waals surface area (Å²) in [6.07, 6.45) is 0. The molecule has 156 valence electrons. The molecule has 1 fully saturated rings. The molecule has 0 radical (unpaired) electrons. The van der Waals surface area contributed by atoms with E-state index in [-0.39, 0.29) is 17.5 Å². The molecule has 0 atom stereocenters. The minimum atomic E-state index is -2.95. The van der Waals surface area contributed by atoms with Gasteiger partial charge in [-0.3, -0.25) is 4.90 Å². The molecule has 0 saturated carbocycles. The van der Waals surface area contributed by atoms with Crippen LogP contribution in [0.15, 0.2) is 48.5 Å². The largest absolute Gasteiger partial charge is 0.492 e. The van der Waals surface area contributed by atoms with Crippen LogP contribution in [0.1, 0.15) is 5.56 Å². The van der Waals surface area contributed by atoms with E-state index in [4.69, 9.17) is 4.74 Å². The molecule has 1 saturated heterocycles. The molecule has 0 aromatic heterocycles. The van der Waals surface area contributed by atoms with Gasteiger partial charge in [-0.2, -0.15) is 8.78 Å². The van der Waals surface area contributed by atoms with E-state index in [1.165, 1.54) is 6.07 Å². The Morgan fingerprint density at radius 3 is 2.48 bits per heavy atom. The molecule has 2 aromatic rings. The first-order valence-electron chi connectivity index (χ1n) is 9.53. The van der Waals surface area contributed by atoms with Crippen molar-refractivity contribution >= 4 is 11.7 Å². The Hall–Kier alpha value is -2.87. The summed E-state index contributed by atoms with van der Waals surface area (Å²) in [5.74, 6) is 0.801. The molecule has 8 heteroatoms. The zero-order chi connectivity index (χ0) is 20.6. The highest BCUT2D eigenvalue weighted by Crippen LogP contribution is 2.29. The van der Waals surface area contributed by atoms with Gasteiger partial charge in [-0.1, -0.05) is 30.3 Å². The Morgan fingerprint density at radius 2 is 1.79 bits per heavy atom. The van der Waals surface area contributed by atoms with E-state index < -0.39 is 6.61 Å². The van der Waals surface area contributed by atoms with E-state index in [9.17, 15) is 13.6 Å². The summed E-state index contributed by atoms with van der Waals surface area (Å²) in [6, 6.07) is 14.1. The fraction of sp³-hybridized carbons (Fsp3) is 0.381. The number of para-hydroxylation sites is 2. The molecule has 1 aliphatic rings. The molecule has 1 aliphatic heterocycles. The number of ether oxygens (including phenoxy) is 2. The summed E-state index contributed by atoms with van der Waals surface area (Å²) < 4.78 is 35.5. The van der Waals surface area contributed by atoms with Gasteiger partial charge in [0.25, 0.3) is 0 Å². The van der Waals surface area contributed by atoms with Gasteiger partial charge in [-0.05, 0) is 30.7 Å². The Labute approximate surface area is 169 Å². The van der Waals surface area contributed by atoms with E-state index >= 15 is 0 Å². The van der Waals surface area contributed by atoms with Gasteiger partial charge in [0.15, 0.2) is 0 Å². The van der Waals surface area contributed by atoms with Gasteiger partial charge >= 0.3 is 12.6 Å². The molecular formula is C21H25F2N3O3. The first kappa shape index (κ1) is 20.9. The highest BCUT2D eigenvalue weighted by atomic mass is 19.3. The fourth-order valence-corrected chi connectivity index (χ4v) is 3.17. The van der Waals surface area contributed by atoms with Gasteiger partial charge in [0.05, 0.1) is 5.69 Å². The lowest BCUT2D eigenvalue weighted by atomic mass is 10.2. The van der Waals surface area contributed by atoms with Crippen LogP contribution in [0, 0.1) is 6.92 Å². The van der Waals surface area contributed by atoms with Gasteiger partial charge in [0, 0.05) is 32.7 Å². The lowest BCUT2D eigenvalue weighted by molar-refractivity contribution is -0.0493. The van der Waals surface area contributed by atoms with Crippen LogP contribution < -0.4 is 14.8 Å². The number of carbonyl (C=O) groups is 1. The van der Waals surface area contributed by atoms with E-state index in [0.717, 1.165) is 25.4 Å². The van der Waals surface area contributed by atoms with Crippen molar-refractivity contribution in [2.45, 2.75) is 13.5 Å². The molecule has 0 bridgehead atoms. The molecule has 1 heterocycles. The summed E-state index contributed by atoms with van der Waals surface area (Å²) in [6.45, 7) is 2.68. The smallest absolute Gasteiger partial charge is 0.387 e. The summed E-state index contributed by atoms with van der Waals surface area (Å²) in [7, 11) is 0. The zero-order valence-corrected chi connectivity index (χ0v) is 16.3. The maximum Gasteiger partial charge on any atom is 0.387 e. The van der Waals surface area contributed by atoms with Gasteiger partial charge in [0.2, 0.25) is 0 Å². The first-order chi connectivity index (χ1) is 14.0. The number of benzene rings is 2. The molecule has 3 rings (SSSR count). The van der Waals surface area contributed by atoms with E-state index in [0.29, 0.717) is 25.3 Å². The van der Waals surface area contributed by atoms with Gasteiger partial charge in [0.1, 0.15) is 18.1 Å². The summed E-state index contributed by atoms with van der Waals surface area (Å²) in [5.41, 5.74) is 0.935. The van der Waals surface area contributed by atoms with Crippen molar-refractivity contribution in [1.29, 1.82) is 0 Å². The molecular weight excluding hydrogens is 380 g/mol. The molecule has 2 aromatic carbocycles. The molecule has 0 aliphatic carbocycles. The average Bonchev–Trinajstić information content (AvgIpc) is 2.71. The Balaban J connectivity index is 1.47. The molecule has 2 amide bonds. The average molecular weight is 405 g/mol. The number of anilines is 1. The number of halogens is 2. The minimum Gasteiger partial charge on any atom is -0.492 e. The number of nitrogens with one attached hydrogen (secondary N) is 1. The Kier molecular flexibility index (Phi) is 7.24. The highest BCUT2D eigenvalue weighted by molar-refractivity contribution is 5.92. The minimum absolute atomic E-state index is 0.0370. The van der Waals surface area contributed by atoms with Gasteiger partial charge < -0.3 is 19.7 Å². The van der Waals surface area contributed by atoms with Crippen LogP contribution in [-0.2, 0) is 0 Å². The SMILES string of the molecule is Cc1cccc(OC(F)F)c1NC(=O)N1CCN(CCOc2ccccc2)CC1. The number of amides is 2. The van der Waals surface area contributed by atoms with Crippen LogP contribution in [0.5, 0.6) is 11.5 Å². The van der Waals surface area contributed by atoms with Crippen LogP contribution in [-0.4, -0.2) is 61.8 Å². The summed E-state index contributed by atoms with van der Waals surface area (Å²) in [4.78, 5) is 16.5. The van der Waals surface area contributed by atoms with Crippen LogP contribution in [0.2, 0.25) is 0 Å². The lowest BCUT2D eigenvalue weighted by Gasteiger charge is -2.34. The van der Waals surface area contributed by atoms with Crippen molar-refractivity contribution in [3.8, 4) is 11.5 Å². The van der Waals surface area contributed by atoms with Crippen molar-refractivity contribution in [2.24, 2.45) is 0 Å². The number of alkyl halides is 2. The second-order valence-electron chi connectivity index (χ2n) is 6.75. The second kappa shape index (κ2) is 10.1.